The molecule has 1 atom stereocenters. The number of carboxylic acid groups (broad SMARTS) is 1. The van der Waals surface area contributed by atoms with E-state index in [1.54, 1.807) is 18.2 Å². The smallest absolute Gasteiger partial charge is 0.303 e. The van der Waals surface area contributed by atoms with Crippen LogP contribution in [0.25, 0.3) is 0 Å². The lowest BCUT2D eigenvalue weighted by Gasteiger charge is -2.11. The molecule has 0 fully saturated rings. The largest absolute Gasteiger partial charge is 0.489 e. The first-order chi connectivity index (χ1) is 9.59. The Balaban J connectivity index is 2.02. The third-order valence-electron chi connectivity index (χ3n) is 3.04. The fraction of sp³-hybridized carbons (Fsp3) is 0.533. The van der Waals surface area contributed by atoms with E-state index in [0.717, 1.165) is 13.0 Å². The molecule has 1 rings (SSSR count). The van der Waals surface area contributed by atoms with E-state index < -0.39 is 5.97 Å². The molecule has 112 valence electrons. The van der Waals surface area contributed by atoms with E-state index in [1.165, 1.54) is 6.07 Å². The molecule has 0 bridgehead atoms. The first kappa shape index (κ1) is 16.4. The number of carbonyl (C=O) groups is 1. The van der Waals surface area contributed by atoms with Gasteiger partial charge >= 0.3 is 5.97 Å². The molecule has 0 heterocycles. The zero-order valence-corrected chi connectivity index (χ0v) is 11.8. The number of benzene rings is 1. The van der Waals surface area contributed by atoms with Crippen LogP contribution in [0.2, 0.25) is 0 Å². The van der Waals surface area contributed by atoms with Crippen molar-refractivity contribution in [2.24, 2.45) is 5.92 Å². The maximum Gasteiger partial charge on any atom is 0.303 e. The van der Waals surface area contributed by atoms with Gasteiger partial charge in [0.05, 0.1) is 0 Å². The van der Waals surface area contributed by atoms with Gasteiger partial charge in [-0.15, -0.1) is 0 Å². The van der Waals surface area contributed by atoms with Gasteiger partial charge < -0.3 is 15.2 Å². The van der Waals surface area contributed by atoms with Gasteiger partial charge in [0.1, 0.15) is 6.61 Å². The molecule has 20 heavy (non-hydrogen) atoms. The maximum absolute atomic E-state index is 13.2. The van der Waals surface area contributed by atoms with Crippen molar-refractivity contribution < 1.29 is 19.0 Å². The number of ether oxygens (including phenoxy) is 1. The fourth-order valence-electron chi connectivity index (χ4n) is 1.78. The molecule has 0 aliphatic rings. The highest BCUT2D eigenvalue weighted by Gasteiger charge is 2.05. The highest BCUT2D eigenvalue weighted by atomic mass is 19.1. The van der Waals surface area contributed by atoms with Crippen molar-refractivity contribution in [2.75, 3.05) is 19.7 Å². The minimum absolute atomic E-state index is 0.220. The second-order valence-corrected chi connectivity index (χ2v) is 4.86. The molecule has 0 spiro atoms. The second kappa shape index (κ2) is 9.31. The molecule has 1 unspecified atom stereocenters. The molecule has 0 radical (unpaired) electrons. The van der Waals surface area contributed by atoms with Crippen LogP contribution in [0.15, 0.2) is 24.3 Å². The summed E-state index contributed by atoms with van der Waals surface area (Å²) in [5.74, 6) is -0.451. The number of hydrogen-bond donors (Lipinski definition) is 2. The molecular weight excluding hydrogens is 261 g/mol. The van der Waals surface area contributed by atoms with Crippen molar-refractivity contribution in [1.82, 2.24) is 5.32 Å². The predicted octanol–water partition coefficient (Wildman–Crippen LogP) is 2.69. The molecular formula is C15H22FNO3. The number of halogens is 1. The summed E-state index contributed by atoms with van der Waals surface area (Å²) >= 11 is 0. The summed E-state index contributed by atoms with van der Waals surface area (Å²) in [6, 6.07) is 6.32. The summed E-state index contributed by atoms with van der Waals surface area (Å²) in [5.41, 5.74) is 0. The van der Waals surface area contributed by atoms with Crippen molar-refractivity contribution in [3.05, 3.63) is 30.1 Å². The topological polar surface area (TPSA) is 58.6 Å². The van der Waals surface area contributed by atoms with Crippen LogP contribution in [0.4, 0.5) is 4.39 Å². The quantitative estimate of drug-likeness (QED) is 0.648. The van der Waals surface area contributed by atoms with Crippen LogP contribution >= 0.6 is 0 Å². The van der Waals surface area contributed by atoms with E-state index in [1.807, 2.05) is 6.92 Å². The third-order valence-corrected chi connectivity index (χ3v) is 3.04. The fourth-order valence-corrected chi connectivity index (χ4v) is 1.78. The normalized spacial score (nSPS) is 12.1. The van der Waals surface area contributed by atoms with Gasteiger partial charge in [0, 0.05) is 13.0 Å². The van der Waals surface area contributed by atoms with E-state index in [2.05, 4.69) is 5.32 Å². The Kier molecular flexibility index (Phi) is 7.65. The molecule has 0 aromatic heterocycles. The van der Waals surface area contributed by atoms with Gasteiger partial charge in [0.15, 0.2) is 11.6 Å². The van der Waals surface area contributed by atoms with Crippen LogP contribution in [-0.4, -0.2) is 30.8 Å². The molecule has 4 nitrogen and oxygen atoms in total. The predicted molar refractivity (Wildman–Crippen MR) is 75.4 cm³/mol. The molecule has 0 saturated heterocycles. The van der Waals surface area contributed by atoms with Gasteiger partial charge in [-0.1, -0.05) is 19.1 Å². The third kappa shape index (κ3) is 7.09. The van der Waals surface area contributed by atoms with Crippen molar-refractivity contribution in [2.45, 2.75) is 26.2 Å². The van der Waals surface area contributed by atoms with Crippen LogP contribution in [0, 0.1) is 11.7 Å². The Hall–Kier alpha value is -1.62. The van der Waals surface area contributed by atoms with Gasteiger partial charge in [-0.2, -0.15) is 0 Å². The lowest BCUT2D eigenvalue weighted by Crippen LogP contribution is -2.23. The molecule has 5 heteroatoms. The average Bonchev–Trinajstić information content (AvgIpc) is 2.42. The highest BCUT2D eigenvalue weighted by molar-refractivity contribution is 5.66. The van der Waals surface area contributed by atoms with Crippen molar-refractivity contribution in [3.63, 3.8) is 0 Å². The standard InChI is InChI=1S/C15H22FNO3/c1-12(6-7-15(18)19)8-9-17-10-11-20-14-5-3-2-4-13(14)16/h2-5,12,17H,6-11H2,1H3,(H,18,19). The van der Waals surface area contributed by atoms with Gasteiger partial charge in [-0.05, 0) is 37.4 Å². The Morgan fingerprint density at radius 1 is 1.35 bits per heavy atom. The van der Waals surface area contributed by atoms with Gasteiger partial charge in [-0.3, -0.25) is 4.79 Å². The molecule has 0 aliphatic heterocycles. The Labute approximate surface area is 119 Å². The van der Waals surface area contributed by atoms with Gasteiger partial charge in [-0.25, -0.2) is 4.39 Å². The number of para-hydroxylation sites is 1. The lowest BCUT2D eigenvalue weighted by atomic mass is 10.0. The SMILES string of the molecule is CC(CCNCCOc1ccccc1F)CCC(=O)O. The summed E-state index contributed by atoms with van der Waals surface area (Å²) in [7, 11) is 0. The number of rotatable bonds is 10. The Bertz CT molecular complexity index is 412. The summed E-state index contributed by atoms with van der Waals surface area (Å²) < 4.78 is 18.5. The van der Waals surface area contributed by atoms with Crippen LogP contribution < -0.4 is 10.1 Å². The average molecular weight is 283 g/mol. The van der Waals surface area contributed by atoms with Crippen LogP contribution in [0.3, 0.4) is 0 Å². The minimum atomic E-state index is -0.747. The molecule has 1 aromatic carbocycles. The van der Waals surface area contributed by atoms with E-state index in [-0.39, 0.29) is 18.0 Å². The van der Waals surface area contributed by atoms with Crippen molar-refractivity contribution in [1.29, 1.82) is 0 Å². The zero-order chi connectivity index (χ0) is 14.8. The molecule has 2 N–H and O–H groups in total. The summed E-state index contributed by atoms with van der Waals surface area (Å²) in [5, 5.41) is 11.8. The van der Waals surface area contributed by atoms with Gasteiger partial charge in [0.25, 0.3) is 0 Å². The molecule has 0 aliphatic carbocycles. The summed E-state index contributed by atoms with van der Waals surface area (Å²) in [6.07, 6.45) is 1.84. The van der Waals surface area contributed by atoms with E-state index in [0.29, 0.717) is 25.5 Å². The van der Waals surface area contributed by atoms with Crippen LogP contribution in [-0.2, 0) is 4.79 Å². The van der Waals surface area contributed by atoms with E-state index in [9.17, 15) is 9.18 Å². The minimum Gasteiger partial charge on any atom is -0.489 e. The number of nitrogens with one attached hydrogen (secondary N) is 1. The van der Waals surface area contributed by atoms with Crippen LogP contribution in [0.1, 0.15) is 26.2 Å². The number of hydrogen-bond acceptors (Lipinski definition) is 3. The zero-order valence-electron chi connectivity index (χ0n) is 11.8. The van der Waals surface area contributed by atoms with Gasteiger partial charge in [0.2, 0.25) is 0 Å². The summed E-state index contributed by atoms with van der Waals surface area (Å²) in [4.78, 5) is 10.4. The number of carboxylic acids is 1. The molecule has 1 aromatic rings. The van der Waals surface area contributed by atoms with Crippen molar-refractivity contribution in [3.8, 4) is 5.75 Å². The van der Waals surface area contributed by atoms with E-state index >= 15 is 0 Å². The first-order valence-electron chi connectivity index (χ1n) is 6.89. The Morgan fingerprint density at radius 2 is 2.10 bits per heavy atom. The Morgan fingerprint density at radius 3 is 2.80 bits per heavy atom. The maximum atomic E-state index is 13.2. The van der Waals surface area contributed by atoms with Crippen molar-refractivity contribution >= 4 is 5.97 Å². The summed E-state index contributed by atoms with van der Waals surface area (Å²) in [6.45, 7) is 3.90. The monoisotopic (exact) mass is 283 g/mol. The van der Waals surface area contributed by atoms with Crippen LogP contribution in [0.5, 0.6) is 5.75 Å². The van der Waals surface area contributed by atoms with E-state index in [4.69, 9.17) is 9.84 Å². The first-order valence-corrected chi connectivity index (χ1v) is 6.89. The lowest BCUT2D eigenvalue weighted by molar-refractivity contribution is -0.137. The highest BCUT2D eigenvalue weighted by Crippen LogP contribution is 2.14. The number of aliphatic carboxylic acids is 1. The second-order valence-electron chi connectivity index (χ2n) is 4.86. The molecule has 0 saturated carbocycles. The molecule has 0 amide bonds.